The number of nitrogens with zero attached hydrogens (tertiary/aromatic N) is 1. The zero-order valence-electron chi connectivity index (χ0n) is 8.34. The summed E-state index contributed by atoms with van der Waals surface area (Å²) in [5.74, 6) is -1.20. The highest BCUT2D eigenvalue weighted by Crippen LogP contribution is 2.03. The smallest absolute Gasteiger partial charge is 0.321 e. The summed E-state index contributed by atoms with van der Waals surface area (Å²) < 4.78 is 31.4. The fourth-order valence-corrected chi connectivity index (χ4v) is 2.46. The van der Waals surface area contributed by atoms with Gasteiger partial charge in [0, 0.05) is 13.1 Å². The summed E-state index contributed by atoms with van der Waals surface area (Å²) in [5.41, 5.74) is 0. The van der Waals surface area contributed by atoms with Crippen LogP contribution in [-0.2, 0) is 19.7 Å². The minimum absolute atomic E-state index is 0.252. The van der Waals surface area contributed by atoms with Gasteiger partial charge in [0.05, 0.1) is 13.2 Å². The maximum atomic E-state index is 11.6. The second kappa shape index (κ2) is 4.88. The number of aliphatic carboxylic acids is 1. The van der Waals surface area contributed by atoms with Gasteiger partial charge in [-0.25, -0.2) is 0 Å². The normalized spacial score (nSPS) is 21.1. The SMILES string of the molecule is C[C@@H](NS(=O)(=O)N1CCOCC1)C(=O)O. The summed E-state index contributed by atoms with van der Waals surface area (Å²) in [7, 11) is -3.71. The number of carbonyl (C=O) groups is 1. The van der Waals surface area contributed by atoms with Crippen LogP contribution in [0.25, 0.3) is 0 Å². The Morgan fingerprint density at radius 1 is 1.47 bits per heavy atom. The van der Waals surface area contributed by atoms with Crippen LogP contribution in [-0.4, -0.2) is 56.1 Å². The van der Waals surface area contributed by atoms with Crippen LogP contribution in [0.15, 0.2) is 0 Å². The van der Waals surface area contributed by atoms with Gasteiger partial charge in [-0.05, 0) is 6.92 Å². The number of morpholine rings is 1. The van der Waals surface area contributed by atoms with Gasteiger partial charge in [-0.2, -0.15) is 17.4 Å². The molecule has 1 aliphatic rings. The molecule has 1 fully saturated rings. The first kappa shape index (κ1) is 12.4. The van der Waals surface area contributed by atoms with Gasteiger partial charge in [0.15, 0.2) is 0 Å². The van der Waals surface area contributed by atoms with Crippen molar-refractivity contribution < 1.29 is 23.1 Å². The van der Waals surface area contributed by atoms with E-state index in [-0.39, 0.29) is 13.1 Å². The zero-order valence-corrected chi connectivity index (χ0v) is 9.16. The second-order valence-corrected chi connectivity index (χ2v) is 4.90. The van der Waals surface area contributed by atoms with E-state index in [1.54, 1.807) is 0 Å². The molecule has 15 heavy (non-hydrogen) atoms. The van der Waals surface area contributed by atoms with E-state index in [1.165, 1.54) is 11.2 Å². The Labute approximate surface area is 88.2 Å². The first-order chi connectivity index (χ1) is 6.93. The molecule has 1 aliphatic heterocycles. The van der Waals surface area contributed by atoms with Crippen molar-refractivity contribution in [2.45, 2.75) is 13.0 Å². The van der Waals surface area contributed by atoms with Crippen LogP contribution < -0.4 is 4.72 Å². The highest BCUT2D eigenvalue weighted by atomic mass is 32.2. The fraction of sp³-hybridized carbons (Fsp3) is 0.857. The first-order valence-electron chi connectivity index (χ1n) is 4.51. The molecule has 0 saturated carbocycles. The molecule has 0 aromatic rings. The number of ether oxygens (including phenoxy) is 1. The van der Waals surface area contributed by atoms with Gasteiger partial charge in [0.1, 0.15) is 6.04 Å². The van der Waals surface area contributed by atoms with Crippen LogP contribution in [0.1, 0.15) is 6.92 Å². The lowest BCUT2D eigenvalue weighted by molar-refractivity contribution is -0.138. The van der Waals surface area contributed by atoms with E-state index in [0.29, 0.717) is 13.2 Å². The predicted molar refractivity (Wildman–Crippen MR) is 51.5 cm³/mol. The molecule has 0 aliphatic carbocycles. The lowest BCUT2D eigenvalue weighted by Crippen LogP contribution is -2.50. The topological polar surface area (TPSA) is 95.9 Å². The number of carboxylic acids is 1. The lowest BCUT2D eigenvalue weighted by Gasteiger charge is -2.26. The number of nitrogens with one attached hydrogen (secondary N) is 1. The molecule has 0 aromatic carbocycles. The van der Waals surface area contributed by atoms with Crippen molar-refractivity contribution in [2.75, 3.05) is 26.3 Å². The van der Waals surface area contributed by atoms with E-state index in [0.717, 1.165) is 0 Å². The summed E-state index contributed by atoms with van der Waals surface area (Å²) in [6.07, 6.45) is 0. The monoisotopic (exact) mass is 238 g/mol. The highest BCUT2D eigenvalue weighted by Gasteiger charge is 2.27. The standard InChI is InChI=1S/C7H14N2O5S/c1-6(7(10)11)8-15(12,13)9-2-4-14-5-3-9/h6,8H,2-5H2,1H3,(H,10,11)/t6-/m1/s1. The Morgan fingerprint density at radius 3 is 2.47 bits per heavy atom. The number of hydrogen-bond donors (Lipinski definition) is 2. The number of rotatable bonds is 4. The van der Waals surface area contributed by atoms with Crippen LogP contribution in [0, 0.1) is 0 Å². The van der Waals surface area contributed by atoms with E-state index < -0.39 is 22.2 Å². The molecule has 1 atom stereocenters. The molecule has 88 valence electrons. The van der Waals surface area contributed by atoms with Crippen LogP contribution in [0.5, 0.6) is 0 Å². The minimum atomic E-state index is -3.71. The number of carboxylic acid groups (broad SMARTS) is 1. The van der Waals surface area contributed by atoms with Crippen LogP contribution >= 0.6 is 0 Å². The highest BCUT2D eigenvalue weighted by molar-refractivity contribution is 7.87. The molecular weight excluding hydrogens is 224 g/mol. The summed E-state index contributed by atoms with van der Waals surface area (Å²) >= 11 is 0. The van der Waals surface area contributed by atoms with Crippen LogP contribution in [0.3, 0.4) is 0 Å². The summed E-state index contributed by atoms with van der Waals surface area (Å²) in [5, 5.41) is 8.57. The summed E-state index contributed by atoms with van der Waals surface area (Å²) in [6.45, 7) is 2.45. The molecule has 0 radical (unpaired) electrons. The van der Waals surface area contributed by atoms with Gasteiger partial charge < -0.3 is 9.84 Å². The van der Waals surface area contributed by atoms with Crippen molar-refractivity contribution in [3.8, 4) is 0 Å². The Morgan fingerprint density at radius 2 is 2.00 bits per heavy atom. The predicted octanol–water partition coefficient (Wildman–Crippen LogP) is -1.37. The third kappa shape index (κ3) is 3.42. The van der Waals surface area contributed by atoms with Gasteiger partial charge in [0.25, 0.3) is 10.2 Å². The van der Waals surface area contributed by atoms with Crippen molar-refractivity contribution in [1.82, 2.24) is 9.03 Å². The van der Waals surface area contributed by atoms with E-state index in [4.69, 9.17) is 9.84 Å². The lowest BCUT2D eigenvalue weighted by atomic mass is 10.4. The van der Waals surface area contributed by atoms with Crippen molar-refractivity contribution in [3.63, 3.8) is 0 Å². The molecule has 0 unspecified atom stereocenters. The maximum Gasteiger partial charge on any atom is 0.321 e. The first-order valence-corrected chi connectivity index (χ1v) is 5.95. The van der Waals surface area contributed by atoms with Crippen molar-refractivity contribution in [2.24, 2.45) is 0 Å². The average molecular weight is 238 g/mol. The Balaban J connectivity index is 2.61. The Hall–Kier alpha value is -0.700. The third-order valence-corrected chi connectivity index (χ3v) is 3.70. The van der Waals surface area contributed by atoms with Gasteiger partial charge in [-0.3, -0.25) is 4.79 Å². The number of hydrogen-bond acceptors (Lipinski definition) is 4. The third-order valence-electron chi connectivity index (χ3n) is 2.01. The van der Waals surface area contributed by atoms with Crippen LogP contribution in [0.4, 0.5) is 0 Å². The fourth-order valence-electron chi connectivity index (χ4n) is 1.14. The van der Waals surface area contributed by atoms with E-state index in [9.17, 15) is 13.2 Å². The van der Waals surface area contributed by atoms with E-state index in [1.807, 2.05) is 0 Å². The van der Waals surface area contributed by atoms with Crippen molar-refractivity contribution in [1.29, 1.82) is 0 Å². The quantitative estimate of drug-likeness (QED) is 0.629. The molecule has 1 rings (SSSR count). The molecule has 1 heterocycles. The molecule has 2 N–H and O–H groups in total. The average Bonchev–Trinajstić information content (AvgIpc) is 2.18. The molecule has 7 nitrogen and oxygen atoms in total. The van der Waals surface area contributed by atoms with E-state index >= 15 is 0 Å². The molecule has 1 saturated heterocycles. The van der Waals surface area contributed by atoms with Gasteiger partial charge >= 0.3 is 5.97 Å². The Bertz CT molecular complexity index is 322. The second-order valence-electron chi connectivity index (χ2n) is 3.19. The van der Waals surface area contributed by atoms with Gasteiger partial charge in [-0.1, -0.05) is 0 Å². The Kier molecular flexibility index (Phi) is 4.03. The van der Waals surface area contributed by atoms with Gasteiger partial charge in [0.2, 0.25) is 0 Å². The summed E-state index contributed by atoms with van der Waals surface area (Å²) in [6, 6.07) is -1.13. The maximum absolute atomic E-state index is 11.6. The van der Waals surface area contributed by atoms with E-state index in [2.05, 4.69) is 4.72 Å². The largest absolute Gasteiger partial charge is 0.480 e. The van der Waals surface area contributed by atoms with Crippen molar-refractivity contribution >= 4 is 16.2 Å². The molecule has 0 aromatic heterocycles. The molecule has 0 amide bonds. The zero-order chi connectivity index (χ0) is 11.5. The van der Waals surface area contributed by atoms with Gasteiger partial charge in [-0.15, -0.1) is 0 Å². The molecule has 0 bridgehead atoms. The van der Waals surface area contributed by atoms with Crippen molar-refractivity contribution in [3.05, 3.63) is 0 Å². The van der Waals surface area contributed by atoms with Crippen LogP contribution in [0.2, 0.25) is 0 Å². The molecular formula is C7H14N2O5S. The molecule has 0 spiro atoms. The molecule has 8 heteroatoms. The minimum Gasteiger partial charge on any atom is -0.480 e. The summed E-state index contributed by atoms with van der Waals surface area (Å²) in [4.78, 5) is 10.5.